The summed E-state index contributed by atoms with van der Waals surface area (Å²) < 4.78 is 11.3. The van der Waals surface area contributed by atoms with E-state index in [0.717, 1.165) is 0 Å². The maximum atomic E-state index is 5.69. The maximum Gasteiger partial charge on any atom is 0.170 e. The van der Waals surface area contributed by atoms with Crippen LogP contribution in [0.4, 0.5) is 0 Å². The summed E-state index contributed by atoms with van der Waals surface area (Å²) in [5.74, 6) is -0.396. The molecule has 2 heteroatoms. The van der Waals surface area contributed by atoms with Gasteiger partial charge in [0.15, 0.2) is 5.79 Å². The van der Waals surface area contributed by atoms with Gasteiger partial charge in [-0.15, -0.1) is 0 Å². The van der Waals surface area contributed by atoms with Gasteiger partial charge in [0.2, 0.25) is 0 Å². The van der Waals surface area contributed by atoms with E-state index in [1.54, 1.807) is 0 Å². The smallest absolute Gasteiger partial charge is 0.170 e. The summed E-state index contributed by atoms with van der Waals surface area (Å²) >= 11 is 0. The molecule has 0 bridgehead atoms. The fraction of sp³-hybridized carbons (Fsp3) is 1.00. The summed E-state index contributed by atoms with van der Waals surface area (Å²) in [5, 5.41) is 0. The zero-order valence-corrected chi connectivity index (χ0v) is 8.10. The Labute approximate surface area is 68.9 Å². The van der Waals surface area contributed by atoms with Crippen molar-refractivity contribution in [2.45, 2.75) is 46.5 Å². The van der Waals surface area contributed by atoms with Gasteiger partial charge in [0.1, 0.15) is 0 Å². The third-order valence-corrected chi connectivity index (χ3v) is 2.38. The fourth-order valence-electron chi connectivity index (χ4n) is 1.12. The van der Waals surface area contributed by atoms with Crippen LogP contribution in [0.15, 0.2) is 0 Å². The second-order valence-electron chi connectivity index (χ2n) is 4.44. The summed E-state index contributed by atoms with van der Waals surface area (Å²) in [7, 11) is 0. The number of ether oxygens (including phenoxy) is 2. The van der Waals surface area contributed by atoms with Crippen LogP contribution < -0.4 is 0 Å². The first-order valence-corrected chi connectivity index (χ1v) is 4.17. The first-order valence-electron chi connectivity index (χ1n) is 4.17. The van der Waals surface area contributed by atoms with Gasteiger partial charge < -0.3 is 9.47 Å². The molecule has 1 heterocycles. The number of hydrogen-bond donors (Lipinski definition) is 0. The quantitative estimate of drug-likeness (QED) is 0.538. The van der Waals surface area contributed by atoms with Crippen LogP contribution in [-0.4, -0.2) is 18.5 Å². The number of hydrogen-bond acceptors (Lipinski definition) is 2. The Morgan fingerprint density at radius 1 is 1.36 bits per heavy atom. The molecule has 2 atom stereocenters. The first-order chi connectivity index (χ1) is 4.85. The molecule has 0 N–H and O–H groups in total. The molecule has 1 aliphatic rings. The zero-order chi connectivity index (χ0) is 8.70. The Morgan fingerprint density at radius 2 is 1.91 bits per heavy atom. The Balaban J connectivity index is 2.69. The minimum absolute atomic E-state index is 0.0533. The summed E-state index contributed by atoms with van der Waals surface area (Å²) in [5.41, 5.74) is 0.0533. The molecule has 0 unspecified atom stereocenters. The van der Waals surface area contributed by atoms with Crippen LogP contribution in [0, 0.1) is 5.41 Å². The van der Waals surface area contributed by atoms with E-state index in [2.05, 4.69) is 20.8 Å². The van der Waals surface area contributed by atoms with Gasteiger partial charge in [-0.25, -0.2) is 0 Å². The highest BCUT2D eigenvalue weighted by molar-refractivity contribution is 4.84. The largest absolute Gasteiger partial charge is 0.347 e. The monoisotopic (exact) mass is 158 g/mol. The second kappa shape index (κ2) is 2.46. The van der Waals surface area contributed by atoms with Crippen molar-refractivity contribution < 1.29 is 9.47 Å². The molecule has 0 spiro atoms. The molecule has 1 saturated heterocycles. The fourth-order valence-corrected chi connectivity index (χ4v) is 1.12. The van der Waals surface area contributed by atoms with Crippen LogP contribution in [0.25, 0.3) is 0 Å². The minimum atomic E-state index is -0.396. The minimum Gasteiger partial charge on any atom is -0.347 e. The van der Waals surface area contributed by atoms with Gasteiger partial charge in [0.05, 0.1) is 12.7 Å². The summed E-state index contributed by atoms with van der Waals surface area (Å²) in [4.78, 5) is 0. The predicted molar refractivity (Wildman–Crippen MR) is 44.4 cm³/mol. The van der Waals surface area contributed by atoms with Crippen LogP contribution in [0.1, 0.15) is 34.6 Å². The first kappa shape index (κ1) is 9.01. The molecule has 0 amide bonds. The maximum absolute atomic E-state index is 5.69. The molecule has 0 aromatic carbocycles. The van der Waals surface area contributed by atoms with Gasteiger partial charge in [-0.2, -0.15) is 0 Å². The van der Waals surface area contributed by atoms with E-state index < -0.39 is 5.79 Å². The Morgan fingerprint density at radius 3 is 2.09 bits per heavy atom. The average molecular weight is 158 g/mol. The van der Waals surface area contributed by atoms with Crippen molar-refractivity contribution in [2.75, 3.05) is 6.61 Å². The van der Waals surface area contributed by atoms with Gasteiger partial charge in [0, 0.05) is 5.41 Å². The molecule has 66 valence electrons. The highest BCUT2D eigenvalue weighted by Gasteiger charge is 2.45. The summed E-state index contributed by atoms with van der Waals surface area (Å²) in [6, 6.07) is 0. The van der Waals surface area contributed by atoms with E-state index in [1.807, 2.05) is 13.8 Å². The lowest BCUT2D eigenvalue weighted by Crippen LogP contribution is -2.41. The molecule has 0 aromatic heterocycles. The SMILES string of the molecule is C[C@@H]1CO[C@](C)(C(C)(C)C)O1. The Kier molecular flexibility index (Phi) is 2.01. The molecule has 0 radical (unpaired) electrons. The van der Waals surface area contributed by atoms with Crippen molar-refractivity contribution in [1.82, 2.24) is 0 Å². The standard InChI is InChI=1S/C9H18O2/c1-7-6-10-9(5,11-7)8(2,3)4/h7H,6H2,1-5H3/t7-,9+/m1/s1. The van der Waals surface area contributed by atoms with E-state index in [9.17, 15) is 0 Å². The highest BCUT2D eigenvalue weighted by Crippen LogP contribution is 2.39. The lowest BCUT2D eigenvalue weighted by atomic mass is 9.87. The van der Waals surface area contributed by atoms with E-state index in [-0.39, 0.29) is 11.5 Å². The number of rotatable bonds is 0. The topological polar surface area (TPSA) is 18.5 Å². The molecular formula is C9H18O2. The molecule has 11 heavy (non-hydrogen) atoms. The van der Waals surface area contributed by atoms with Gasteiger partial charge in [-0.3, -0.25) is 0 Å². The van der Waals surface area contributed by atoms with Crippen LogP contribution in [0.3, 0.4) is 0 Å². The van der Waals surface area contributed by atoms with E-state index >= 15 is 0 Å². The van der Waals surface area contributed by atoms with Crippen molar-refractivity contribution in [3.63, 3.8) is 0 Å². The zero-order valence-electron chi connectivity index (χ0n) is 8.10. The van der Waals surface area contributed by atoms with Crippen molar-refractivity contribution >= 4 is 0 Å². The molecule has 0 saturated carbocycles. The molecule has 2 nitrogen and oxygen atoms in total. The van der Waals surface area contributed by atoms with Gasteiger partial charge in [0.25, 0.3) is 0 Å². The highest BCUT2D eigenvalue weighted by atomic mass is 16.7. The van der Waals surface area contributed by atoms with Crippen LogP contribution in [-0.2, 0) is 9.47 Å². The Hall–Kier alpha value is -0.0800. The van der Waals surface area contributed by atoms with Crippen LogP contribution in [0.5, 0.6) is 0 Å². The lowest BCUT2D eigenvalue weighted by Gasteiger charge is -2.36. The van der Waals surface area contributed by atoms with Crippen molar-refractivity contribution in [3.8, 4) is 0 Å². The predicted octanol–water partition coefficient (Wildman–Crippen LogP) is 2.18. The van der Waals surface area contributed by atoms with Crippen molar-refractivity contribution in [3.05, 3.63) is 0 Å². The lowest BCUT2D eigenvalue weighted by molar-refractivity contribution is -0.216. The van der Waals surface area contributed by atoms with E-state index in [1.165, 1.54) is 0 Å². The summed E-state index contributed by atoms with van der Waals surface area (Å²) in [6.45, 7) is 11.2. The molecule has 1 aliphatic heterocycles. The van der Waals surface area contributed by atoms with Gasteiger partial charge >= 0.3 is 0 Å². The third kappa shape index (κ3) is 1.57. The normalized spacial score (nSPS) is 39.5. The van der Waals surface area contributed by atoms with Crippen molar-refractivity contribution in [1.29, 1.82) is 0 Å². The Bertz CT molecular complexity index is 148. The summed E-state index contributed by atoms with van der Waals surface area (Å²) in [6.07, 6.45) is 0.235. The van der Waals surface area contributed by atoms with Crippen LogP contribution in [0.2, 0.25) is 0 Å². The molecule has 0 aromatic rings. The molecule has 0 aliphatic carbocycles. The molecular weight excluding hydrogens is 140 g/mol. The molecule has 1 fully saturated rings. The van der Waals surface area contributed by atoms with E-state index in [0.29, 0.717) is 6.61 Å². The second-order valence-corrected chi connectivity index (χ2v) is 4.44. The molecule has 1 rings (SSSR count). The van der Waals surface area contributed by atoms with Crippen LogP contribution >= 0.6 is 0 Å². The van der Waals surface area contributed by atoms with Crippen molar-refractivity contribution in [2.24, 2.45) is 5.41 Å². The van der Waals surface area contributed by atoms with Gasteiger partial charge in [-0.1, -0.05) is 20.8 Å². The van der Waals surface area contributed by atoms with E-state index in [4.69, 9.17) is 9.47 Å². The third-order valence-electron chi connectivity index (χ3n) is 2.38. The van der Waals surface area contributed by atoms with Gasteiger partial charge in [-0.05, 0) is 13.8 Å². The average Bonchev–Trinajstić information content (AvgIpc) is 2.10.